The molecule has 0 saturated carbocycles. The summed E-state index contributed by atoms with van der Waals surface area (Å²) in [5, 5.41) is 0. The lowest BCUT2D eigenvalue weighted by molar-refractivity contribution is -0.136. The molecule has 0 bridgehead atoms. The Labute approximate surface area is 183 Å². The van der Waals surface area contributed by atoms with Gasteiger partial charge in [-0.1, -0.05) is 47.8 Å². The van der Waals surface area contributed by atoms with Crippen LogP contribution in [0.1, 0.15) is 41.5 Å². The first-order valence-electron chi connectivity index (χ1n) is 7.89. The van der Waals surface area contributed by atoms with E-state index in [0.29, 0.717) is 0 Å². The highest BCUT2D eigenvalue weighted by Gasteiger charge is 2.30. The summed E-state index contributed by atoms with van der Waals surface area (Å²) in [5.41, 5.74) is 0. The molecular formula is C18H21Br3O6. The maximum absolute atomic E-state index is 12.1. The van der Waals surface area contributed by atoms with E-state index in [1.165, 1.54) is 18.2 Å². The van der Waals surface area contributed by atoms with Crippen molar-refractivity contribution in [1.29, 1.82) is 0 Å². The highest BCUT2D eigenvalue weighted by molar-refractivity contribution is 9.10. The van der Waals surface area contributed by atoms with Crippen LogP contribution in [0.4, 0.5) is 0 Å². The maximum atomic E-state index is 12.1. The predicted molar refractivity (Wildman–Crippen MR) is 112 cm³/mol. The summed E-state index contributed by atoms with van der Waals surface area (Å²) in [5.74, 6) is -1.49. The normalized spacial score (nSPS) is 12.3. The summed E-state index contributed by atoms with van der Waals surface area (Å²) in [6.07, 6.45) is 0. The molecule has 0 fully saturated rings. The van der Waals surface area contributed by atoms with E-state index in [1.807, 2.05) is 0 Å². The molecule has 0 atom stereocenters. The van der Waals surface area contributed by atoms with Gasteiger partial charge in [0.2, 0.25) is 0 Å². The van der Waals surface area contributed by atoms with E-state index < -0.39 is 30.9 Å². The Kier molecular flexibility index (Phi) is 7.69. The highest BCUT2D eigenvalue weighted by atomic mass is 79.9. The Balaban J connectivity index is 3.24. The van der Waals surface area contributed by atoms with E-state index in [1.54, 1.807) is 41.5 Å². The van der Waals surface area contributed by atoms with Gasteiger partial charge in [-0.15, -0.1) is 0 Å². The molecule has 0 N–H and O–H groups in total. The smallest absolute Gasteiger partial charge is 0.327 e. The van der Waals surface area contributed by atoms with Crippen LogP contribution in [0.2, 0.25) is 0 Å². The molecule has 1 aromatic rings. The van der Waals surface area contributed by atoms with Crippen molar-refractivity contribution in [3.63, 3.8) is 0 Å². The summed E-state index contributed by atoms with van der Waals surface area (Å²) in [7, 11) is 0. The number of hydrogen-bond donors (Lipinski definition) is 0. The minimum Gasteiger partial charge on any atom is -0.425 e. The molecule has 0 spiro atoms. The molecule has 0 aliphatic heterocycles. The van der Waals surface area contributed by atoms with Crippen molar-refractivity contribution in [2.45, 2.75) is 54.5 Å². The quantitative estimate of drug-likeness (QED) is 0.273. The van der Waals surface area contributed by atoms with E-state index in [9.17, 15) is 14.4 Å². The van der Waals surface area contributed by atoms with Gasteiger partial charge < -0.3 is 14.2 Å². The molecule has 1 aromatic carbocycles. The first-order chi connectivity index (χ1) is 12.0. The summed E-state index contributed by atoms with van der Waals surface area (Å²) < 4.78 is 13.1. The zero-order chi connectivity index (χ0) is 21.2. The number of halogens is 3. The molecule has 0 amide bonds. The summed E-state index contributed by atoms with van der Waals surface area (Å²) in [4.78, 5) is 36.4. The summed E-state index contributed by atoms with van der Waals surface area (Å²) in [6, 6.07) is 4.09. The van der Waals surface area contributed by atoms with Crippen molar-refractivity contribution >= 4 is 65.7 Å². The molecule has 0 unspecified atom stereocenters. The number of carbonyl (C=O) groups excluding carboxylic acids is 3. The predicted octanol–water partition coefficient (Wildman–Crippen LogP) is 4.92. The van der Waals surface area contributed by atoms with E-state index in [2.05, 4.69) is 47.8 Å². The molecule has 0 saturated heterocycles. The van der Waals surface area contributed by atoms with Crippen LogP contribution in [0, 0.1) is 0 Å². The van der Waals surface area contributed by atoms with Gasteiger partial charge >= 0.3 is 17.9 Å². The largest absolute Gasteiger partial charge is 0.425 e. The second kappa shape index (κ2) is 8.61. The Hall–Kier alpha value is -0.930. The van der Waals surface area contributed by atoms with Crippen LogP contribution in [-0.4, -0.2) is 30.9 Å². The molecule has 27 heavy (non-hydrogen) atoms. The van der Waals surface area contributed by atoms with Crippen molar-refractivity contribution in [1.82, 2.24) is 0 Å². The van der Waals surface area contributed by atoms with Gasteiger partial charge in [-0.05, 0) is 41.5 Å². The van der Waals surface area contributed by atoms with Crippen LogP contribution in [0.15, 0.2) is 18.2 Å². The average molecular weight is 573 g/mol. The highest BCUT2D eigenvalue weighted by Crippen LogP contribution is 2.32. The number of ether oxygens (including phenoxy) is 3. The number of rotatable bonds is 6. The molecule has 9 heteroatoms. The third-order valence-electron chi connectivity index (χ3n) is 2.94. The van der Waals surface area contributed by atoms with E-state index >= 15 is 0 Å². The fraction of sp³-hybridized carbons (Fsp3) is 0.500. The molecule has 0 aromatic heterocycles. The van der Waals surface area contributed by atoms with Crippen LogP contribution in [0.25, 0.3) is 0 Å². The zero-order valence-electron chi connectivity index (χ0n) is 15.8. The van der Waals surface area contributed by atoms with Crippen molar-refractivity contribution in [2.75, 3.05) is 0 Å². The average Bonchev–Trinajstić information content (AvgIpc) is 2.43. The lowest BCUT2D eigenvalue weighted by atomic mass is 10.2. The Morgan fingerprint density at radius 3 is 0.926 bits per heavy atom. The first kappa shape index (κ1) is 24.1. The van der Waals surface area contributed by atoms with Crippen LogP contribution in [-0.2, 0) is 14.4 Å². The van der Waals surface area contributed by atoms with Gasteiger partial charge in [0.05, 0.1) is 0 Å². The lowest BCUT2D eigenvalue weighted by Crippen LogP contribution is -2.30. The lowest BCUT2D eigenvalue weighted by Gasteiger charge is -2.19. The molecular weight excluding hydrogens is 552 g/mol. The second-order valence-corrected chi connectivity index (χ2v) is 13.2. The second-order valence-electron chi connectivity index (χ2n) is 7.23. The summed E-state index contributed by atoms with van der Waals surface area (Å²) >= 11 is 9.64. The van der Waals surface area contributed by atoms with Crippen LogP contribution < -0.4 is 14.2 Å². The molecule has 0 radical (unpaired) electrons. The Morgan fingerprint density at radius 1 is 0.593 bits per heavy atom. The fourth-order valence-corrected chi connectivity index (χ4v) is 1.65. The molecule has 0 heterocycles. The summed E-state index contributed by atoms with van der Waals surface area (Å²) in [6.45, 7) is 9.76. The van der Waals surface area contributed by atoms with Gasteiger partial charge in [-0.3, -0.25) is 14.4 Å². The van der Waals surface area contributed by atoms with Gasteiger partial charge in [-0.25, -0.2) is 0 Å². The molecule has 6 nitrogen and oxygen atoms in total. The van der Waals surface area contributed by atoms with Crippen molar-refractivity contribution in [3.05, 3.63) is 18.2 Å². The molecule has 0 aliphatic rings. The standard InChI is InChI=1S/C18H21Br3O6/c1-16(2,19)13(22)25-10-7-11(26-14(23)17(3,4)20)9-12(8-10)27-15(24)18(5,6)21/h7-9H,1-6H3. The van der Waals surface area contributed by atoms with Gasteiger partial charge in [0.15, 0.2) is 0 Å². The van der Waals surface area contributed by atoms with Gasteiger partial charge in [-0.2, -0.15) is 0 Å². The maximum Gasteiger partial charge on any atom is 0.327 e. The number of carbonyl (C=O) groups is 3. The van der Waals surface area contributed by atoms with Crippen molar-refractivity contribution in [3.8, 4) is 17.2 Å². The van der Waals surface area contributed by atoms with E-state index in [0.717, 1.165) is 0 Å². The van der Waals surface area contributed by atoms with Crippen LogP contribution in [0.3, 0.4) is 0 Å². The Morgan fingerprint density at radius 2 is 0.778 bits per heavy atom. The monoisotopic (exact) mass is 570 g/mol. The van der Waals surface area contributed by atoms with Crippen LogP contribution in [0.5, 0.6) is 17.2 Å². The number of alkyl halides is 3. The third-order valence-corrected chi connectivity index (χ3v) is 3.91. The molecule has 150 valence electrons. The van der Waals surface area contributed by atoms with Crippen molar-refractivity contribution in [2.24, 2.45) is 0 Å². The van der Waals surface area contributed by atoms with E-state index in [4.69, 9.17) is 14.2 Å². The number of esters is 3. The topological polar surface area (TPSA) is 78.9 Å². The fourth-order valence-electron chi connectivity index (χ4n) is 1.41. The Bertz CT molecular complexity index is 627. The SMILES string of the molecule is CC(C)(Br)C(=O)Oc1cc(OC(=O)C(C)(C)Br)cc(OC(=O)C(C)(C)Br)c1. The van der Waals surface area contributed by atoms with E-state index in [-0.39, 0.29) is 17.2 Å². The number of hydrogen-bond acceptors (Lipinski definition) is 6. The van der Waals surface area contributed by atoms with Crippen LogP contribution >= 0.6 is 47.8 Å². The minimum absolute atomic E-state index is 0.0698. The van der Waals surface area contributed by atoms with Gasteiger partial charge in [0.25, 0.3) is 0 Å². The minimum atomic E-state index is -0.924. The molecule has 0 aliphatic carbocycles. The van der Waals surface area contributed by atoms with Crippen molar-refractivity contribution < 1.29 is 28.6 Å². The first-order valence-corrected chi connectivity index (χ1v) is 10.3. The zero-order valence-corrected chi connectivity index (χ0v) is 20.6. The number of benzene rings is 1. The van der Waals surface area contributed by atoms with Gasteiger partial charge in [0, 0.05) is 18.2 Å². The molecule has 1 rings (SSSR count). The third kappa shape index (κ3) is 7.91. The van der Waals surface area contributed by atoms with Gasteiger partial charge in [0.1, 0.15) is 30.2 Å².